The molecule has 0 aromatic heterocycles. The van der Waals surface area contributed by atoms with Gasteiger partial charge >= 0.3 is 0 Å². The third-order valence-electron chi connectivity index (χ3n) is 3.25. The molecule has 1 aliphatic rings. The zero-order chi connectivity index (χ0) is 15.6. The highest BCUT2D eigenvalue weighted by Crippen LogP contribution is 2.24. The number of carbonyl (C=O) groups is 1. The summed E-state index contributed by atoms with van der Waals surface area (Å²) >= 11 is 0. The summed E-state index contributed by atoms with van der Waals surface area (Å²) in [6.45, 7) is 1.72. The number of hydrogen-bond donors (Lipinski definition) is 1. The number of aryl methyl sites for hydroxylation is 1. The van der Waals surface area contributed by atoms with E-state index in [0.717, 1.165) is 15.9 Å². The van der Waals surface area contributed by atoms with E-state index in [4.69, 9.17) is 4.74 Å². The Labute approximate surface area is 123 Å². The molecule has 0 fully saturated rings. The molecule has 1 N–H and O–H groups in total. The Hall–Kier alpha value is -1.54. The SMILES string of the molecule is COC[C@@H]1C(=O)C=C[C@@H](O)N1S(=O)(=O)c1ccc(C)cc1. The van der Waals surface area contributed by atoms with Crippen molar-refractivity contribution in [3.63, 3.8) is 0 Å². The smallest absolute Gasteiger partial charge is 0.246 e. The minimum absolute atomic E-state index is 0.0244. The van der Waals surface area contributed by atoms with Gasteiger partial charge in [0.05, 0.1) is 11.5 Å². The van der Waals surface area contributed by atoms with Crippen LogP contribution in [-0.4, -0.2) is 49.6 Å². The van der Waals surface area contributed by atoms with Crippen LogP contribution in [0.4, 0.5) is 0 Å². The van der Waals surface area contributed by atoms with Crippen molar-refractivity contribution in [2.45, 2.75) is 24.1 Å². The lowest BCUT2D eigenvalue weighted by Gasteiger charge is -2.33. The van der Waals surface area contributed by atoms with Gasteiger partial charge in [-0.15, -0.1) is 0 Å². The number of ketones is 1. The second-order valence-corrected chi connectivity index (χ2v) is 6.64. The van der Waals surface area contributed by atoms with Crippen LogP contribution in [0.2, 0.25) is 0 Å². The van der Waals surface area contributed by atoms with Crippen LogP contribution in [0.3, 0.4) is 0 Å². The van der Waals surface area contributed by atoms with Gasteiger partial charge in [-0.25, -0.2) is 8.42 Å². The Morgan fingerprint density at radius 1 is 1.29 bits per heavy atom. The Morgan fingerprint density at radius 2 is 1.90 bits per heavy atom. The monoisotopic (exact) mass is 311 g/mol. The highest BCUT2D eigenvalue weighted by atomic mass is 32.2. The Balaban J connectivity index is 2.47. The van der Waals surface area contributed by atoms with Crippen molar-refractivity contribution in [2.24, 2.45) is 0 Å². The zero-order valence-electron chi connectivity index (χ0n) is 11.8. The quantitative estimate of drug-likeness (QED) is 0.873. The molecule has 0 aliphatic carbocycles. The van der Waals surface area contributed by atoms with Gasteiger partial charge in [0, 0.05) is 7.11 Å². The molecule has 1 aromatic carbocycles. The van der Waals surface area contributed by atoms with Crippen LogP contribution in [0.25, 0.3) is 0 Å². The minimum Gasteiger partial charge on any atom is -0.383 e. The number of nitrogens with zero attached hydrogens (tertiary/aromatic N) is 1. The van der Waals surface area contributed by atoms with Crippen LogP contribution in [0.5, 0.6) is 0 Å². The fourth-order valence-corrected chi connectivity index (χ4v) is 3.72. The first-order valence-corrected chi connectivity index (χ1v) is 7.81. The average Bonchev–Trinajstić information content (AvgIpc) is 2.43. The van der Waals surface area contributed by atoms with Crippen LogP contribution in [0.1, 0.15) is 5.56 Å². The highest BCUT2D eigenvalue weighted by molar-refractivity contribution is 7.89. The van der Waals surface area contributed by atoms with Crippen molar-refractivity contribution in [3.05, 3.63) is 42.0 Å². The zero-order valence-corrected chi connectivity index (χ0v) is 12.6. The summed E-state index contributed by atoms with van der Waals surface area (Å²) in [5, 5.41) is 9.99. The molecule has 1 heterocycles. The van der Waals surface area contributed by atoms with Crippen molar-refractivity contribution in [1.29, 1.82) is 0 Å². The molecule has 0 bridgehead atoms. The van der Waals surface area contributed by atoms with Crippen molar-refractivity contribution in [1.82, 2.24) is 4.31 Å². The second-order valence-electron chi connectivity index (χ2n) is 4.79. The second kappa shape index (κ2) is 6.07. The molecule has 114 valence electrons. The number of hydrogen-bond acceptors (Lipinski definition) is 5. The van der Waals surface area contributed by atoms with E-state index in [2.05, 4.69) is 0 Å². The number of benzene rings is 1. The lowest BCUT2D eigenvalue weighted by Crippen LogP contribution is -2.53. The van der Waals surface area contributed by atoms with E-state index in [0.29, 0.717) is 0 Å². The lowest BCUT2D eigenvalue weighted by molar-refractivity contribution is -0.123. The van der Waals surface area contributed by atoms with Crippen LogP contribution in [-0.2, 0) is 19.6 Å². The molecule has 0 unspecified atom stereocenters. The first-order valence-electron chi connectivity index (χ1n) is 6.37. The predicted octanol–water partition coefficient (Wildman–Crippen LogP) is 0.458. The number of aliphatic hydroxyl groups is 1. The Morgan fingerprint density at radius 3 is 2.48 bits per heavy atom. The molecule has 0 radical (unpaired) electrons. The first kappa shape index (κ1) is 15.8. The number of rotatable bonds is 4. The van der Waals surface area contributed by atoms with Gasteiger partial charge in [0.1, 0.15) is 12.3 Å². The maximum atomic E-state index is 12.7. The summed E-state index contributed by atoms with van der Waals surface area (Å²) in [7, 11) is -2.63. The lowest BCUT2D eigenvalue weighted by atomic mass is 10.1. The molecule has 1 aliphatic heterocycles. The number of sulfonamides is 1. The molecule has 2 atom stereocenters. The van der Waals surface area contributed by atoms with Gasteiger partial charge in [-0.05, 0) is 31.2 Å². The van der Waals surface area contributed by atoms with Crippen molar-refractivity contribution in [3.8, 4) is 0 Å². The average molecular weight is 311 g/mol. The molecule has 0 amide bonds. The maximum Gasteiger partial charge on any atom is 0.246 e. The van der Waals surface area contributed by atoms with Crippen LogP contribution in [0.15, 0.2) is 41.3 Å². The summed E-state index contributed by atoms with van der Waals surface area (Å²) in [6.07, 6.45) is 0.935. The molecule has 6 nitrogen and oxygen atoms in total. The van der Waals surface area contributed by atoms with Gasteiger partial charge in [0.25, 0.3) is 0 Å². The molecule has 0 spiro atoms. The summed E-state index contributed by atoms with van der Waals surface area (Å²) in [6, 6.07) is 5.15. The van der Waals surface area contributed by atoms with E-state index in [9.17, 15) is 18.3 Å². The molecule has 7 heteroatoms. The van der Waals surface area contributed by atoms with Crippen LogP contribution < -0.4 is 0 Å². The Bertz CT molecular complexity index is 650. The highest BCUT2D eigenvalue weighted by Gasteiger charge is 2.41. The summed E-state index contributed by atoms with van der Waals surface area (Å²) in [4.78, 5) is 11.9. The molecule has 0 saturated heterocycles. The molecule has 2 rings (SSSR count). The van der Waals surface area contributed by atoms with Crippen molar-refractivity contribution < 1.29 is 23.1 Å². The van der Waals surface area contributed by atoms with Gasteiger partial charge in [-0.3, -0.25) is 4.79 Å². The van der Waals surface area contributed by atoms with Crippen LogP contribution in [0, 0.1) is 6.92 Å². The molecule has 21 heavy (non-hydrogen) atoms. The molecular weight excluding hydrogens is 294 g/mol. The standard InChI is InChI=1S/C14H17NO5S/c1-10-3-5-11(6-4-10)21(18,19)15-12(9-20-2)13(16)7-8-14(15)17/h3-8,12,14,17H,9H2,1-2H3/t12-,14-/m1/s1. The van der Waals surface area contributed by atoms with E-state index in [1.807, 2.05) is 6.92 Å². The number of ether oxygens (including phenoxy) is 1. The first-order chi connectivity index (χ1) is 9.87. The van der Waals surface area contributed by atoms with E-state index >= 15 is 0 Å². The third-order valence-corrected chi connectivity index (χ3v) is 5.14. The van der Waals surface area contributed by atoms with Crippen molar-refractivity contribution in [2.75, 3.05) is 13.7 Å². The molecule has 0 saturated carbocycles. The maximum absolute atomic E-state index is 12.7. The van der Waals surface area contributed by atoms with Gasteiger partial charge < -0.3 is 9.84 Å². The molecular formula is C14H17NO5S. The summed E-state index contributed by atoms with van der Waals surface area (Å²) in [5.74, 6) is -0.419. The predicted molar refractivity (Wildman–Crippen MR) is 76.0 cm³/mol. The largest absolute Gasteiger partial charge is 0.383 e. The van der Waals surface area contributed by atoms with Gasteiger partial charge in [-0.1, -0.05) is 17.7 Å². The number of aliphatic hydroxyl groups excluding tert-OH is 1. The van der Waals surface area contributed by atoms with Crippen molar-refractivity contribution >= 4 is 15.8 Å². The number of carbonyl (C=O) groups excluding carboxylic acids is 1. The van der Waals surface area contributed by atoms with E-state index in [-0.39, 0.29) is 11.5 Å². The number of methoxy groups -OCH3 is 1. The topological polar surface area (TPSA) is 83.9 Å². The van der Waals surface area contributed by atoms with Gasteiger partial charge in [-0.2, -0.15) is 4.31 Å². The minimum atomic E-state index is -4.00. The Kier molecular flexibility index (Phi) is 4.58. The summed E-state index contributed by atoms with van der Waals surface area (Å²) < 4.78 is 31.0. The van der Waals surface area contributed by atoms with E-state index in [1.54, 1.807) is 12.1 Å². The molecule has 1 aromatic rings. The fourth-order valence-electron chi connectivity index (χ4n) is 2.14. The third kappa shape index (κ3) is 3.06. The normalized spacial score (nSPS) is 23.5. The fraction of sp³-hybridized carbons (Fsp3) is 0.357. The van der Waals surface area contributed by atoms with E-state index < -0.39 is 28.1 Å². The van der Waals surface area contributed by atoms with Crippen LogP contribution >= 0.6 is 0 Å². The van der Waals surface area contributed by atoms with E-state index in [1.165, 1.54) is 25.3 Å². The van der Waals surface area contributed by atoms with Gasteiger partial charge in [0.2, 0.25) is 10.0 Å². The van der Waals surface area contributed by atoms with Gasteiger partial charge in [0.15, 0.2) is 5.78 Å². The summed E-state index contributed by atoms with van der Waals surface area (Å²) in [5.41, 5.74) is 0.914.